The summed E-state index contributed by atoms with van der Waals surface area (Å²) in [7, 11) is 1.74. The van der Waals surface area contributed by atoms with Gasteiger partial charge in [0.25, 0.3) is 5.91 Å². The molecule has 10 nitrogen and oxygen atoms in total. The molecule has 35 heavy (non-hydrogen) atoms. The minimum atomic E-state index is -0.710. The van der Waals surface area contributed by atoms with Crippen LogP contribution in [0.25, 0.3) is 0 Å². The summed E-state index contributed by atoms with van der Waals surface area (Å²) in [5.74, 6) is 0.495. The van der Waals surface area contributed by atoms with Crippen LogP contribution in [0, 0.1) is 11.8 Å². The minimum absolute atomic E-state index is 0.0232. The predicted molar refractivity (Wildman–Crippen MR) is 129 cm³/mol. The fourth-order valence-electron chi connectivity index (χ4n) is 5.60. The lowest BCUT2D eigenvalue weighted by atomic mass is 9.76. The van der Waals surface area contributed by atoms with E-state index in [4.69, 9.17) is 4.74 Å². The zero-order valence-corrected chi connectivity index (χ0v) is 20.2. The fourth-order valence-corrected chi connectivity index (χ4v) is 5.60. The molecule has 2 aromatic heterocycles. The lowest BCUT2D eigenvalue weighted by Crippen LogP contribution is -2.49. The Hall–Kier alpha value is -3.27. The molecule has 2 fully saturated rings. The highest BCUT2D eigenvalue weighted by molar-refractivity contribution is 6.07. The van der Waals surface area contributed by atoms with Crippen molar-refractivity contribution in [1.82, 2.24) is 19.9 Å². The Morgan fingerprint density at radius 2 is 1.94 bits per heavy atom. The molecule has 2 aromatic rings. The maximum Gasteiger partial charge on any atom is 0.287 e. The second-order valence-corrected chi connectivity index (χ2v) is 10.1. The molecule has 1 saturated carbocycles. The second kappa shape index (κ2) is 9.41. The molecule has 0 radical (unpaired) electrons. The number of rotatable bonds is 5. The maximum atomic E-state index is 13.4. The summed E-state index contributed by atoms with van der Waals surface area (Å²) >= 11 is 0. The molecule has 5 rings (SSSR count). The van der Waals surface area contributed by atoms with Crippen LogP contribution in [0.1, 0.15) is 61.6 Å². The topological polar surface area (TPSA) is 127 Å². The zero-order valence-electron chi connectivity index (χ0n) is 20.2. The van der Waals surface area contributed by atoms with E-state index in [2.05, 4.69) is 32.8 Å². The van der Waals surface area contributed by atoms with Crippen molar-refractivity contribution in [1.29, 1.82) is 0 Å². The van der Waals surface area contributed by atoms with Gasteiger partial charge in [-0.3, -0.25) is 14.4 Å². The van der Waals surface area contributed by atoms with E-state index < -0.39 is 11.5 Å². The molecule has 1 spiro atoms. The number of pyridine rings is 1. The Balaban J connectivity index is 1.35. The Kier molecular flexibility index (Phi) is 6.31. The Morgan fingerprint density at radius 3 is 2.63 bits per heavy atom. The minimum Gasteiger partial charge on any atom is -0.381 e. The number of nitrogens with zero attached hydrogens (tertiary/aromatic N) is 3. The van der Waals surface area contributed by atoms with E-state index in [0.717, 1.165) is 31.2 Å². The van der Waals surface area contributed by atoms with Crippen LogP contribution >= 0.6 is 0 Å². The molecule has 0 bridgehead atoms. The summed E-state index contributed by atoms with van der Waals surface area (Å²) < 4.78 is 7.08. The zero-order chi connectivity index (χ0) is 24.6. The third-order valence-electron chi connectivity index (χ3n) is 7.83. The van der Waals surface area contributed by atoms with Crippen molar-refractivity contribution >= 4 is 29.2 Å². The van der Waals surface area contributed by atoms with Crippen LogP contribution in [-0.4, -0.2) is 51.5 Å². The summed E-state index contributed by atoms with van der Waals surface area (Å²) in [6.07, 6.45) is 9.90. The van der Waals surface area contributed by atoms with Gasteiger partial charge in [-0.05, 0) is 37.5 Å². The Morgan fingerprint density at radius 1 is 1.20 bits per heavy atom. The average molecular weight is 481 g/mol. The van der Waals surface area contributed by atoms with Crippen molar-refractivity contribution in [2.24, 2.45) is 18.9 Å². The number of aromatic nitrogens is 3. The maximum absolute atomic E-state index is 13.4. The predicted octanol–water partition coefficient (Wildman–Crippen LogP) is 2.38. The molecule has 1 atom stereocenters. The van der Waals surface area contributed by atoms with E-state index in [1.807, 2.05) is 0 Å². The van der Waals surface area contributed by atoms with E-state index in [1.165, 1.54) is 0 Å². The molecule has 186 valence electrons. The lowest BCUT2D eigenvalue weighted by Gasteiger charge is -2.32. The second-order valence-electron chi connectivity index (χ2n) is 10.1. The van der Waals surface area contributed by atoms with Gasteiger partial charge >= 0.3 is 0 Å². The van der Waals surface area contributed by atoms with Crippen LogP contribution < -0.4 is 16.0 Å². The smallest absolute Gasteiger partial charge is 0.287 e. The summed E-state index contributed by atoms with van der Waals surface area (Å²) in [6.45, 7) is 3.27. The standard InChI is InChI=1S/C25H32N6O4/c1-15-3-5-16(6-4-15)20(30-23(33)21-26-9-10-31(21)2)22(32)29-19-13-18-17(14-27-19)25(24(34)28-18)7-11-35-12-8-25/h9-10,13-16,20H,3-8,11-12H2,1-2H3,(H,28,34)(H,30,33)(H,27,29,32)/t15-,16-,20-/m0/s1. The quantitative estimate of drug-likeness (QED) is 0.603. The Labute approximate surface area is 204 Å². The number of carbonyl (C=O) groups is 3. The number of hydrogen-bond acceptors (Lipinski definition) is 6. The van der Waals surface area contributed by atoms with E-state index in [-0.39, 0.29) is 29.5 Å². The van der Waals surface area contributed by atoms with Gasteiger partial charge in [-0.15, -0.1) is 0 Å². The highest BCUT2D eigenvalue weighted by atomic mass is 16.5. The molecule has 3 aliphatic rings. The third kappa shape index (κ3) is 4.42. The van der Waals surface area contributed by atoms with Crippen molar-refractivity contribution in [3.8, 4) is 0 Å². The van der Waals surface area contributed by atoms with Gasteiger partial charge in [0.05, 0.1) is 11.1 Å². The molecule has 3 amide bonds. The molecule has 2 aliphatic heterocycles. The van der Waals surface area contributed by atoms with E-state index in [0.29, 0.717) is 43.5 Å². The van der Waals surface area contributed by atoms with Gasteiger partial charge in [0.1, 0.15) is 11.9 Å². The van der Waals surface area contributed by atoms with Crippen molar-refractivity contribution < 1.29 is 19.1 Å². The van der Waals surface area contributed by atoms with Crippen molar-refractivity contribution in [2.45, 2.75) is 56.9 Å². The number of fused-ring (bicyclic) bond motifs is 2. The first-order chi connectivity index (χ1) is 16.9. The van der Waals surface area contributed by atoms with E-state index >= 15 is 0 Å². The molecule has 1 aliphatic carbocycles. The lowest BCUT2D eigenvalue weighted by molar-refractivity contribution is -0.124. The van der Waals surface area contributed by atoms with E-state index in [9.17, 15) is 14.4 Å². The molecule has 0 unspecified atom stereocenters. The molecular formula is C25H32N6O4. The number of hydrogen-bond donors (Lipinski definition) is 3. The summed E-state index contributed by atoms with van der Waals surface area (Å²) in [5.41, 5.74) is 0.910. The first-order valence-corrected chi connectivity index (χ1v) is 12.4. The highest BCUT2D eigenvalue weighted by Crippen LogP contribution is 2.44. The monoisotopic (exact) mass is 480 g/mol. The van der Waals surface area contributed by atoms with Gasteiger partial charge in [0.15, 0.2) is 5.82 Å². The summed E-state index contributed by atoms with van der Waals surface area (Å²) in [4.78, 5) is 47.7. The van der Waals surface area contributed by atoms with Crippen LogP contribution in [-0.2, 0) is 26.8 Å². The van der Waals surface area contributed by atoms with Crippen LogP contribution in [0.4, 0.5) is 11.5 Å². The van der Waals surface area contributed by atoms with Crippen molar-refractivity contribution in [3.05, 3.63) is 36.0 Å². The van der Waals surface area contributed by atoms with Crippen LogP contribution in [0.2, 0.25) is 0 Å². The third-order valence-corrected chi connectivity index (χ3v) is 7.83. The SMILES string of the molecule is Cn1ccnc1C(=O)N[C@H](C(=O)Nc1cc2c(cn1)C1(CCOCC1)C(=O)N2)[C@H]1CC[C@H](C)CC1. The first-order valence-electron chi connectivity index (χ1n) is 12.4. The van der Waals surface area contributed by atoms with Crippen LogP contribution in [0.3, 0.4) is 0 Å². The number of aryl methyl sites for hydroxylation is 1. The fraction of sp³-hybridized carbons (Fsp3) is 0.560. The summed E-state index contributed by atoms with van der Waals surface area (Å²) in [5, 5.41) is 8.77. The normalized spacial score (nSPS) is 23.9. The number of amides is 3. The van der Waals surface area contributed by atoms with Gasteiger partial charge < -0.3 is 25.3 Å². The Bertz CT molecular complexity index is 1130. The number of imidazole rings is 1. The van der Waals surface area contributed by atoms with Gasteiger partial charge in [0, 0.05) is 50.5 Å². The van der Waals surface area contributed by atoms with E-state index in [1.54, 1.807) is 36.3 Å². The molecule has 3 N–H and O–H groups in total. The molecule has 10 heteroatoms. The molecule has 0 aromatic carbocycles. The van der Waals surface area contributed by atoms with Gasteiger partial charge in [-0.1, -0.05) is 19.8 Å². The molecule has 4 heterocycles. The van der Waals surface area contributed by atoms with Gasteiger partial charge in [-0.25, -0.2) is 9.97 Å². The number of ether oxygens (including phenoxy) is 1. The van der Waals surface area contributed by atoms with Crippen LogP contribution in [0.15, 0.2) is 24.7 Å². The van der Waals surface area contributed by atoms with Gasteiger partial charge in [0.2, 0.25) is 11.8 Å². The van der Waals surface area contributed by atoms with Gasteiger partial charge in [-0.2, -0.15) is 0 Å². The van der Waals surface area contributed by atoms with Crippen LogP contribution in [0.5, 0.6) is 0 Å². The highest BCUT2D eigenvalue weighted by Gasteiger charge is 2.48. The molecular weight excluding hydrogens is 448 g/mol. The number of anilines is 2. The van der Waals surface area contributed by atoms with Crippen molar-refractivity contribution in [3.63, 3.8) is 0 Å². The first kappa shape index (κ1) is 23.5. The average Bonchev–Trinajstić information content (AvgIpc) is 3.39. The number of nitrogens with one attached hydrogen (secondary N) is 3. The molecule has 1 saturated heterocycles. The van der Waals surface area contributed by atoms with Crippen molar-refractivity contribution in [2.75, 3.05) is 23.8 Å². The number of carbonyl (C=O) groups excluding carboxylic acids is 3. The largest absolute Gasteiger partial charge is 0.381 e. The summed E-state index contributed by atoms with van der Waals surface area (Å²) in [6, 6.07) is 0.994.